The van der Waals surface area contributed by atoms with Crippen LogP contribution in [-0.2, 0) is 9.59 Å². The molecule has 0 unspecified atom stereocenters. The fourth-order valence-corrected chi connectivity index (χ4v) is 1.23. The first-order valence-corrected chi connectivity index (χ1v) is 6.02. The van der Waals surface area contributed by atoms with Gasteiger partial charge in [0.15, 0.2) is 11.5 Å². The molecule has 0 bridgehead atoms. The summed E-state index contributed by atoms with van der Waals surface area (Å²) < 4.78 is 10.5. The zero-order valence-corrected chi connectivity index (χ0v) is 11.9. The Balaban J connectivity index is 0.000000396. The van der Waals surface area contributed by atoms with Crippen LogP contribution in [0.5, 0.6) is 11.5 Å². The summed E-state index contributed by atoms with van der Waals surface area (Å²) in [6.45, 7) is 4.58. The lowest BCUT2D eigenvalue weighted by Gasteiger charge is -2.08. The first kappa shape index (κ1) is 17.7. The average molecular weight is 283 g/mol. The summed E-state index contributed by atoms with van der Waals surface area (Å²) in [7, 11) is 1.65. The molecular formula is C13H21N3O4. The van der Waals surface area contributed by atoms with E-state index in [1.54, 1.807) is 7.11 Å². The summed E-state index contributed by atoms with van der Waals surface area (Å²) in [5, 5.41) is 2.13. The van der Waals surface area contributed by atoms with E-state index in [-0.39, 0.29) is 6.54 Å². The highest BCUT2D eigenvalue weighted by Crippen LogP contribution is 2.27. The van der Waals surface area contributed by atoms with Gasteiger partial charge in [-0.25, -0.2) is 5.84 Å². The molecule has 0 heterocycles. The molecule has 0 aliphatic heterocycles. The molecule has 112 valence electrons. The van der Waals surface area contributed by atoms with Crippen molar-refractivity contribution in [2.45, 2.75) is 13.8 Å². The topological polar surface area (TPSA) is 103 Å². The second-order valence-electron chi connectivity index (χ2n) is 3.65. The van der Waals surface area contributed by atoms with Crippen LogP contribution in [0.15, 0.2) is 18.2 Å². The van der Waals surface area contributed by atoms with Crippen molar-refractivity contribution in [3.8, 4) is 11.5 Å². The highest BCUT2D eigenvalue weighted by Gasteiger charge is 2.01. The second kappa shape index (κ2) is 10.6. The summed E-state index contributed by atoms with van der Waals surface area (Å²) in [5.41, 5.74) is 3.02. The number of carbonyl (C=O) groups excluding carboxylic acids is 2. The zero-order chi connectivity index (χ0) is 15.4. The van der Waals surface area contributed by atoms with Gasteiger partial charge in [-0.05, 0) is 31.5 Å². The molecule has 0 aliphatic rings. The van der Waals surface area contributed by atoms with Crippen LogP contribution in [0.2, 0.25) is 0 Å². The maximum Gasteiger partial charge on any atom is 0.253 e. The van der Waals surface area contributed by atoms with Crippen molar-refractivity contribution >= 4 is 12.3 Å². The lowest BCUT2D eigenvalue weighted by molar-refractivity contribution is -0.122. The normalized spacial score (nSPS) is 8.80. The van der Waals surface area contributed by atoms with Crippen LogP contribution >= 0.6 is 0 Å². The number of hydrogen-bond donors (Lipinski definition) is 3. The van der Waals surface area contributed by atoms with Crippen LogP contribution in [0.1, 0.15) is 12.5 Å². The Morgan fingerprint density at radius 3 is 2.60 bits per heavy atom. The van der Waals surface area contributed by atoms with E-state index >= 15 is 0 Å². The van der Waals surface area contributed by atoms with Gasteiger partial charge in [0, 0.05) is 0 Å². The Hall–Kier alpha value is -2.28. The highest BCUT2D eigenvalue weighted by atomic mass is 16.5. The molecule has 7 nitrogen and oxygen atoms in total. The Bertz CT molecular complexity index is 424. The fraction of sp³-hybridized carbons (Fsp3) is 0.385. The number of amides is 2. The summed E-state index contributed by atoms with van der Waals surface area (Å²) in [4.78, 5) is 19.6. The van der Waals surface area contributed by atoms with Crippen molar-refractivity contribution in [2.75, 3.05) is 20.3 Å². The van der Waals surface area contributed by atoms with Gasteiger partial charge in [0.25, 0.3) is 5.91 Å². The fourth-order valence-electron chi connectivity index (χ4n) is 1.23. The molecule has 0 radical (unpaired) electrons. The van der Waals surface area contributed by atoms with Gasteiger partial charge in [-0.3, -0.25) is 15.0 Å². The zero-order valence-electron chi connectivity index (χ0n) is 11.9. The van der Waals surface area contributed by atoms with Gasteiger partial charge in [0.2, 0.25) is 6.41 Å². The Labute approximate surface area is 118 Å². The lowest BCUT2D eigenvalue weighted by atomic mass is 10.2. The number of methoxy groups -OCH3 is 1. The van der Waals surface area contributed by atoms with Gasteiger partial charge in [-0.15, -0.1) is 0 Å². The van der Waals surface area contributed by atoms with Crippen molar-refractivity contribution in [3.63, 3.8) is 0 Å². The van der Waals surface area contributed by atoms with Crippen molar-refractivity contribution in [1.82, 2.24) is 10.7 Å². The van der Waals surface area contributed by atoms with Gasteiger partial charge in [0.05, 0.1) is 20.3 Å². The minimum absolute atomic E-state index is 0.0694. The highest BCUT2D eigenvalue weighted by molar-refractivity contribution is 5.79. The first-order valence-electron chi connectivity index (χ1n) is 6.02. The average Bonchev–Trinajstić information content (AvgIpc) is 2.47. The third kappa shape index (κ3) is 7.22. The lowest BCUT2D eigenvalue weighted by Crippen LogP contribution is -2.37. The molecule has 0 saturated heterocycles. The van der Waals surface area contributed by atoms with Gasteiger partial charge in [-0.1, -0.05) is 6.07 Å². The number of ether oxygens (including phenoxy) is 2. The molecule has 1 aromatic rings. The largest absolute Gasteiger partial charge is 0.493 e. The van der Waals surface area contributed by atoms with E-state index in [9.17, 15) is 9.59 Å². The predicted octanol–water partition coefficient (Wildman–Crippen LogP) is 0.125. The maximum atomic E-state index is 10.1. The van der Waals surface area contributed by atoms with Gasteiger partial charge >= 0.3 is 0 Å². The number of nitrogens with two attached hydrogens (primary N) is 1. The van der Waals surface area contributed by atoms with E-state index in [0.717, 1.165) is 11.5 Å². The van der Waals surface area contributed by atoms with Crippen LogP contribution in [-0.4, -0.2) is 32.6 Å². The molecule has 2 amide bonds. The van der Waals surface area contributed by atoms with Gasteiger partial charge < -0.3 is 14.8 Å². The van der Waals surface area contributed by atoms with E-state index in [2.05, 4.69) is 11.2 Å². The molecule has 0 aromatic heterocycles. The second-order valence-corrected chi connectivity index (χ2v) is 3.65. The van der Waals surface area contributed by atoms with E-state index in [1.165, 1.54) is 5.56 Å². The number of hydrogen-bond acceptors (Lipinski definition) is 5. The van der Waals surface area contributed by atoms with Crippen LogP contribution in [0.25, 0.3) is 0 Å². The van der Waals surface area contributed by atoms with Crippen LogP contribution in [0.3, 0.4) is 0 Å². The Morgan fingerprint density at radius 1 is 1.40 bits per heavy atom. The minimum Gasteiger partial charge on any atom is -0.493 e. The van der Waals surface area contributed by atoms with E-state index in [1.807, 2.05) is 37.5 Å². The molecule has 0 saturated carbocycles. The van der Waals surface area contributed by atoms with Crippen LogP contribution in [0.4, 0.5) is 0 Å². The smallest absolute Gasteiger partial charge is 0.253 e. The van der Waals surface area contributed by atoms with Gasteiger partial charge in [0.1, 0.15) is 0 Å². The molecular weight excluding hydrogens is 262 g/mol. The first-order chi connectivity index (χ1) is 9.58. The molecule has 20 heavy (non-hydrogen) atoms. The minimum atomic E-state index is -0.419. The summed E-state index contributed by atoms with van der Waals surface area (Å²) in [6.07, 6.45) is 0.426. The molecule has 1 rings (SSSR count). The maximum absolute atomic E-state index is 10.1. The Kier molecular flexibility index (Phi) is 9.41. The molecule has 0 fully saturated rings. The van der Waals surface area contributed by atoms with Crippen molar-refractivity contribution in [2.24, 2.45) is 5.84 Å². The third-order valence-electron chi connectivity index (χ3n) is 2.13. The van der Waals surface area contributed by atoms with E-state index in [4.69, 9.17) is 9.47 Å². The molecule has 1 aromatic carbocycles. The SMILES string of the molecule is CCOc1ccc(C)cc1OC.NNC(=O)CNC=O. The number of hydrazine groups is 1. The van der Waals surface area contributed by atoms with Gasteiger partial charge in [-0.2, -0.15) is 0 Å². The number of benzene rings is 1. The molecule has 4 N–H and O–H groups in total. The number of nitrogens with one attached hydrogen (secondary N) is 2. The summed E-state index contributed by atoms with van der Waals surface area (Å²) >= 11 is 0. The van der Waals surface area contributed by atoms with Crippen molar-refractivity contribution in [3.05, 3.63) is 23.8 Å². The van der Waals surface area contributed by atoms with E-state index in [0.29, 0.717) is 13.0 Å². The van der Waals surface area contributed by atoms with Crippen molar-refractivity contribution in [1.29, 1.82) is 0 Å². The number of aryl methyl sites for hydroxylation is 1. The third-order valence-corrected chi connectivity index (χ3v) is 2.13. The van der Waals surface area contributed by atoms with E-state index < -0.39 is 5.91 Å². The summed E-state index contributed by atoms with van der Waals surface area (Å²) in [5.74, 6) is 5.85. The number of rotatable bonds is 6. The predicted molar refractivity (Wildman–Crippen MR) is 75.3 cm³/mol. The van der Waals surface area contributed by atoms with Crippen LogP contribution in [0, 0.1) is 6.92 Å². The molecule has 0 atom stereocenters. The monoisotopic (exact) mass is 283 g/mol. The van der Waals surface area contributed by atoms with Crippen molar-refractivity contribution < 1.29 is 19.1 Å². The molecule has 0 aliphatic carbocycles. The standard InChI is InChI=1S/C10H14O2.C3H7N3O2/c1-4-12-9-6-5-8(2)7-10(9)11-3;4-6-3(8)1-5-2-7/h5-7H,4H2,1-3H3;2H,1,4H2,(H,5,7)(H,6,8). The summed E-state index contributed by atoms with van der Waals surface area (Å²) in [6, 6.07) is 5.90. The number of carbonyl (C=O) groups is 2. The quantitative estimate of drug-likeness (QED) is 0.298. The Morgan fingerprint density at radius 2 is 2.10 bits per heavy atom. The molecule has 7 heteroatoms. The molecule has 0 spiro atoms. The van der Waals surface area contributed by atoms with Crippen LogP contribution < -0.4 is 26.1 Å².